The van der Waals surface area contributed by atoms with E-state index >= 15 is 0 Å². The number of rotatable bonds is 3. The molecule has 13 heavy (non-hydrogen) atoms. The molecule has 2 nitrogen and oxygen atoms in total. The second kappa shape index (κ2) is 4.54. The fourth-order valence-electron chi connectivity index (χ4n) is 2.27. The van der Waals surface area contributed by atoms with E-state index in [1.807, 2.05) is 6.92 Å². The Hall–Kier alpha value is -0.660. The molecule has 0 N–H and O–H groups in total. The zero-order valence-electron chi connectivity index (χ0n) is 8.51. The minimum atomic E-state index is 0.0289. The van der Waals surface area contributed by atoms with E-state index in [2.05, 4.69) is 0 Å². The number of carbonyl (C=O) groups excluding carboxylic acids is 2. The normalized spacial score (nSPS) is 28.5. The molecule has 0 saturated heterocycles. The topological polar surface area (TPSA) is 34.1 Å². The molecule has 0 unspecified atom stereocenters. The van der Waals surface area contributed by atoms with Gasteiger partial charge < -0.3 is 0 Å². The molecule has 0 aromatic heterocycles. The molecule has 0 amide bonds. The van der Waals surface area contributed by atoms with Gasteiger partial charge in [-0.15, -0.1) is 0 Å². The van der Waals surface area contributed by atoms with Crippen LogP contribution in [0.15, 0.2) is 0 Å². The lowest BCUT2D eigenvalue weighted by molar-refractivity contribution is -0.132. The van der Waals surface area contributed by atoms with Gasteiger partial charge in [-0.1, -0.05) is 19.8 Å². The standard InChI is InChI=1S/C11H18O2/c1-3-11(13)10-7-5-4-6-9(10)8(2)12/h9-10H,3-7H2,1-2H3/t9-,10-/m0/s1. The molecule has 0 heterocycles. The van der Waals surface area contributed by atoms with Crippen LogP contribution in [-0.4, -0.2) is 11.6 Å². The van der Waals surface area contributed by atoms with Crippen molar-refractivity contribution in [2.45, 2.75) is 46.0 Å². The Morgan fingerprint density at radius 3 is 2.15 bits per heavy atom. The van der Waals surface area contributed by atoms with Gasteiger partial charge in [-0.2, -0.15) is 0 Å². The highest BCUT2D eigenvalue weighted by molar-refractivity contribution is 5.88. The molecule has 1 rings (SSSR count). The molecule has 0 aromatic carbocycles. The van der Waals surface area contributed by atoms with E-state index in [0.717, 1.165) is 25.7 Å². The van der Waals surface area contributed by atoms with Gasteiger partial charge in [-0.05, 0) is 19.8 Å². The Morgan fingerprint density at radius 2 is 1.69 bits per heavy atom. The maximum absolute atomic E-state index is 11.5. The number of Topliss-reactive ketones (excluding diaryl/α,β-unsaturated/α-hetero) is 2. The van der Waals surface area contributed by atoms with E-state index < -0.39 is 0 Å². The molecule has 0 spiro atoms. The summed E-state index contributed by atoms with van der Waals surface area (Å²) in [5, 5.41) is 0. The van der Waals surface area contributed by atoms with E-state index in [0.29, 0.717) is 6.42 Å². The Bertz CT molecular complexity index is 208. The van der Waals surface area contributed by atoms with Crippen LogP contribution in [0.2, 0.25) is 0 Å². The smallest absolute Gasteiger partial charge is 0.136 e. The summed E-state index contributed by atoms with van der Waals surface area (Å²) in [5.41, 5.74) is 0. The van der Waals surface area contributed by atoms with Crippen LogP contribution in [-0.2, 0) is 9.59 Å². The Balaban J connectivity index is 2.67. The minimum Gasteiger partial charge on any atom is -0.300 e. The fourth-order valence-corrected chi connectivity index (χ4v) is 2.27. The van der Waals surface area contributed by atoms with Crippen LogP contribution in [0.3, 0.4) is 0 Å². The molecule has 0 radical (unpaired) electrons. The second-order valence-corrected chi connectivity index (χ2v) is 3.93. The van der Waals surface area contributed by atoms with Gasteiger partial charge in [0.25, 0.3) is 0 Å². The summed E-state index contributed by atoms with van der Waals surface area (Å²) in [6, 6.07) is 0. The lowest BCUT2D eigenvalue weighted by Crippen LogP contribution is -2.31. The Morgan fingerprint density at radius 1 is 1.15 bits per heavy atom. The van der Waals surface area contributed by atoms with Crippen molar-refractivity contribution in [3.05, 3.63) is 0 Å². The molecule has 2 heteroatoms. The maximum atomic E-state index is 11.5. The average molecular weight is 182 g/mol. The first-order valence-corrected chi connectivity index (χ1v) is 5.20. The number of hydrogen-bond donors (Lipinski definition) is 0. The lowest BCUT2D eigenvalue weighted by Gasteiger charge is -2.28. The number of ketones is 2. The van der Waals surface area contributed by atoms with Crippen molar-refractivity contribution < 1.29 is 9.59 Å². The van der Waals surface area contributed by atoms with Crippen LogP contribution in [0, 0.1) is 11.8 Å². The van der Waals surface area contributed by atoms with Crippen LogP contribution in [0.5, 0.6) is 0 Å². The third-order valence-corrected chi connectivity index (χ3v) is 3.05. The Kier molecular flexibility index (Phi) is 3.64. The van der Waals surface area contributed by atoms with E-state index in [4.69, 9.17) is 0 Å². The molecule has 0 bridgehead atoms. The fraction of sp³-hybridized carbons (Fsp3) is 0.818. The largest absolute Gasteiger partial charge is 0.300 e. The number of hydrogen-bond acceptors (Lipinski definition) is 2. The zero-order chi connectivity index (χ0) is 9.84. The minimum absolute atomic E-state index is 0.0289. The van der Waals surface area contributed by atoms with Crippen LogP contribution >= 0.6 is 0 Å². The van der Waals surface area contributed by atoms with E-state index in [1.165, 1.54) is 0 Å². The van der Waals surface area contributed by atoms with Gasteiger partial charge in [0.1, 0.15) is 11.6 Å². The van der Waals surface area contributed by atoms with E-state index in [1.54, 1.807) is 6.92 Å². The predicted molar refractivity (Wildman–Crippen MR) is 51.4 cm³/mol. The molecule has 74 valence electrons. The van der Waals surface area contributed by atoms with Crippen molar-refractivity contribution in [3.63, 3.8) is 0 Å². The first kappa shape index (κ1) is 10.4. The quantitative estimate of drug-likeness (QED) is 0.671. The predicted octanol–water partition coefficient (Wildman–Crippen LogP) is 2.36. The van der Waals surface area contributed by atoms with Crippen molar-refractivity contribution in [1.82, 2.24) is 0 Å². The van der Waals surface area contributed by atoms with Crippen molar-refractivity contribution in [3.8, 4) is 0 Å². The molecule has 1 saturated carbocycles. The van der Waals surface area contributed by atoms with Crippen molar-refractivity contribution >= 4 is 11.6 Å². The van der Waals surface area contributed by atoms with Gasteiger partial charge in [0.2, 0.25) is 0 Å². The molecule has 1 aliphatic carbocycles. The van der Waals surface area contributed by atoms with E-state index in [-0.39, 0.29) is 23.4 Å². The maximum Gasteiger partial charge on any atom is 0.136 e. The SMILES string of the molecule is CCC(=O)[C@H]1CCCC[C@H]1C(C)=O. The van der Waals surface area contributed by atoms with E-state index in [9.17, 15) is 9.59 Å². The molecular weight excluding hydrogens is 164 g/mol. The van der Waals surface area contributed by atoms with Gasteiger partial charge in [-0.3, -0.25) is 9.59 Å². The van der Waals surface area contributed by atoms with Gasteiger partial charge in [-0.25, -0.2) is 0 Å². The van der Waals surface area contributed by atoms with Crippen LogP contribution in [0.1, 0.15) is 46.0 Å². The highest BCUT2D eigenvalue weighted by Crippen LogP contribution is 2.31. The highest BCUT2D eigenvalue weighted by Gasteiger charge is 2.32. The first-order chi connectivity index (χ1) is 6.16. The summed E-state index contributed by atoms with van der Waals surface area (Å²) in [5.74, 6) is 0.545. The summed E-state index contributed by atoms with van der Waals surface area (Å²) < 4.78 is 0. The first-order valence-electron chi connectivity index (χ1n) is 5.20. The van der Waals surface area contributed by atoms with Gasteiger partial charge in [0, 0.05) is 18.3 Å². The average Bonchev–Trinajstić information content (AvgIpc) is 2.16. The summed E-state index contributed by atoms with van der Waals surface area (Å²) in [6.45, 7) is 3.50. The molecular formula is C11H18O2. The lowest BCUT2D eigenvalue weighted by atomic mass is 9.74. The van der Waals surface area contributed by atoms with Crippen LogP contribution in [0.25, 0.3) is 0 Å². The Labute approximate surface area is 79.7 Å². The molecule has 0 aromatic rings. The molecule has 0 aliphatic heterocycles. The summed E-state index contributed by atoms with van der Waals surface area (Å²) in [7, 11) is 0. The third-order valence-electron chi connectivity index (χ3n) is 3.05. The molecule has 2 atom stereocenters. The zero-order valence-corrected chi connectivity index (χ0v) is 8.51. The summed E-state index contributed by atoms with van der Waals surface area (Å²) in [6.07, 6.45) is 4.65. The van der Waals surface area contributed by atoms with Crippen LogP contribution < -0.4 is 0 Å². The van der Waals surface area contributed by atoms with Gasteiger partial charge in [0.05, 0.1) is 0 Å². The van der Waals surface area contributed by atoms with Crippen molar-refractivity contribution in [2.75, 3.05) is 0 Å². The second-order valence-electron chi connectivity index (χ2n) is 3.93. The van der Waals surface area contributed by atoms with Crippen molar-refractivity contribution in [2.24, 2.45) is 11.8 Å². The summed E-state index contributed by atoms with van der Waals surface area (Å²) in [4.78, 5) is 22.8. The van der Waals surface area contributed by atoms with Gasteiger partial charge in [0.15, 0.2) is 0 Å². The highest BCUT2D eigenvalue weighted by atomic mass is 16.1. The van der Waals surface area contributed by atoms with Crippen LogP contribution in [0.4, 0.5) is 0 Å². The number of carbonyl (C=O) groups is 2. The molecule has 1 fully saturated rings. The third kappa shape index (κ3) is 2.39. The van der Waals surface area contributed by atoms with Crippen molar-refractivity contribution in [1.29, 1.82) is 0 Å². The summed E-state index contributed by atoms with van der Waals surface area (Å²) >= 11 is 0. The molecule has 1 aliphatic rings. The van der Waals surface area contributed by atoms with Gasteiger partial charge >= 0.3 is 0 Å². The monoisotopic (exact) mass is 182 g/mol.